The van der Waals surface area contributed by atoms with Crippen LogP contribution in [0.2, 0.25) is 0 Å². The zero-order valence-electron chi connectivity index (χ0n) is 11.6. The van der Waals surface area contributed by atoms with Crippen LogP contribution in [0.5, 0.6) is 0 Å². The first-order chi connectivity index (χ1) is 9.07. The normalized spacial score (nSPS) is 18.0. The highest BCUT2D eigenvalue weighted by molar-refractivity contribution is 5.78. The van der Waals surface area contributed by atoms with Crippen molar-refractivity contribution < 1.29 is 9.90 Å². The Bertz CT molecular complexity index is 419. The Morgan fingerprint density at radius 1 is 1.21 bits per heavy atom. The van der Waals surface area contributed by atoms with Crippen molar-refractivity contribution in [2.45, 2.75) is 51.0 Å². The minimum Gasteiger partial charge on any atom is -0.388 e. The molecule has 0 aromatic heterocycles. The minimum absolute atomic E-state index is 0.0112. The Balaban J connectivity index is 1.79. The van der Waals surface area contributed by atoms with Gasteiger partial charge in [0, 0.05) is 6.54 Å². The Kier molecular flexibility index (Phi) is 4.59. The molecule has 0 atom stereocenters. The fraction of sp³-hybridized carbons (Fsp3) is 0.562. The van der Waals surface area contributed by atoms with E-state index in [9.17, 15) is 9.90 Å². The molecule has 1 amide bonds. The van der Waals surface area contributed by atoms with Gasteiger partial charge in [0.25, 0.3) is 0 Å². The lowest BCUT2D eigenvalue weighted by atomic mass is 9.85. The van der Waals surface area contributed by atoms with Crippen LogP contribution < -0.4 is 5.32 Å². The van der Waals surface area contributed by atoms with Gasteiger partial charge in [-0.25, -0.2) is 0 Å². The molecule has 19 heavy (non-hydrogen) atoms. The molecule has 3 nitrogen and oxygen atoms in total. The first kappa shape index (κ1) is 14.1. The molecule has 2 N–H and O–H groups in total. The van der Waals surface area contributed by atoms with Crippen molar-refractivity contribution in [3.63, 3.8) is 0 Å². The van der Waals surface area contributed by atoms with Gasteiger partial charge in [-0.2, -0.15) is 0 Å². The van der Waals surface area contributed by atoms with Gasteiger partial charge < -0.3 is 10.4 Å². The quantitative estimate of drug-likeness (QED) is 0.874. The van der Waals surface area contributed by atoms with Crippen LogP contribution >= 0.6 is 0 Å². The summed E-state index contributed by atoms with van der Waals surface area (Å²) in [6, 6.07) is 7.98. The maximum Gasteiger partial charge on any atom is 0.224 e. The number of rotatable bonds is 4. The summed E-state index contributed by atoms with van der Waals surface area (Å²) in [6.45, 7) is 2.42. The fourth-order valence-corrected chi connectivity index (χ4v) is 2.60. The van der Waals surface area contributed by atoms with Crippen molar-refractivity contribution in [1.82, 2.24) is 5.32 Å². The van der Waals surface area contributed by atoms with Gasteiger partial charge in [0.1, 0.15) is 0 Å². The lowest BCUT2D eigenvalue weighted by Gasteiger charge is -2.32. The van der Waals surface area contributed by atoms with E-state index in [-0.39, 0.29) is 5.91 Å². The van der Waals surface area contributed by atoms with Gasteiger partial charge in [-0.05, 0) is 25.3 Å². The van der Waals surface area contributed by atoms with Crippen LogP contribution in [0, 0.1) is 6.92 Å². The number of hydrogen-bond donors (Lipinski definition) is 2. The Hall–Kier alpha value is -1.35. The second-order valence-electron chi connectivity index (χ2n) is 5.72. The van der Waals surface area contributed by atoms with E-state index >= 15 is 0 Å². The van der Waals surface area contributed by atoms with E-state index < -0.39 is 5.60 Å². The number of benzene rings is 1. The monoisotopic (exact) mass is 261 g/mol. The molecule has 104 valence electrons. The SMILES string of the molecule is Cc1ccc(CC(=O)NCC2(O)CCCCC2)cc1. The van der Waals surface area contributed by atoms with Crippen molar-refractivity contribution >= 4 is 5.91 Å². The molecule has 1 saturated carbocycles. The van der Waals surface area contributed by atoms with Crippen molar-refractivity contribution in [3.05, 3.63) is 35.4 Å². The first-order valence-corrected chi connectivity index (χ1v) is 7.12. The lowest BCUT2D eigenvalue weighted by Crippen LogP contribution is -2.44. The van der Waals surface area contributed by atoms with E-state index in [1.54, 1.807) is 0 Å². The number of carbonyl (C=O) groups excluding carboxylic acids is 1. The highest BCUT2D eigenvalue weighted by atomic mass is 16.3. The number of nitrogens with one attached hydrogen (secondary N) is 1. The molecule has 2 rings (SSSR count). The van der Waals surface area contributed by atoms with Crippen molar-refractivity contribution in [3.8, 4) is 0 Å². The standard InChI is InChI=1S/C16H23NO2/c1-13-5-7-14(8-6-13)11-15(18)17-12-16(19)9-3-2-4-10-16/h5-8,19H,2-4,9-12H2,1H3,(H,17,18). The van der Waals surface area contributed by atoms with E-state index in [0.717, 1.165) is 31.2 Å². The van der Waals surface area contributed by atoms with Crippen LogP contribution in [0.25, 0.3) is 0 Å². The largest absolute Gasteiger partial charge is 0.388 e. The smallest absolute Gasteiger partial charge is 0.224 e. The van der Waals surface area contributed by atoms with E-state index in [0.29, 0.717) is 13.0 Å². The molecule has 3 heteroatoms. The van der Waals surface area contributed by atoms with Gasteiger partial charge in [-0.15, -0.1) is 0 Å². The van der Waals surface area contributed by atoms with Crippen molar-refractivity contribution in [2.24, 2.45) is 0 Å². The zero-order valence-corrected chi connectivity index (χ0v) is 11.6. The Morgan fingerprint density at radius 3 is 2.47 bits per heavy atom. The molecule has 0 unspecified atom stereocenters. The minimum atomic E-state index is -0.679. The molecule has 0 aliphatic heterocycles. The van der Waals surface area contributed by atoms with Gasteiger partial charge >= 0.3 is 0 Å². The van der Waals surface area contributed by atoms with Crippen molar-refractivity contribution in [1.29, 1.82) is 0 Å². The number of amides is 1. The van der Waals surface area contributed by atoms with E-state index in [1.165, 1.54) is 12.0 Å². The van der Waals surface area contributed by atoms with Crippen LogP contribution in [0.4, 0.5) is 0 Å². The molecule has 0 spiro atoms. The Morgan fingerprint density at radius 2 is 1.84 bits per heavy atom. The summed E-state index contributed by atoms with van der Waals surface area (Å²) < 4.78 is 0. The van der Waals surface area contributed by atoms with Crippen LogP contribution in [-0.2, 0) is 11.2 Å². The lowest BCUT2D eigenvalue weighted by molar-refractivity contribution is -0.122. The summed E-state index contributed by atoms with van der Waals surface area (Å²) >= 11 is 0. The van der Waals surface area contributed by atoms with E-state index in [2.05, 4.69) is 5.32 Å². The highest BCUT2D eigenvalue weighted by Crippen LogP contribution is 2.27. The maximum atomic E-state index is 11.9. The summed E-state index contributed by atoms with van der Waals surface area (Å²) in [5.74, 6) is -0.0112. The predicted octanol–water partition coefficient (Wildman–Crippen LogP) is 2.35. The molecule has 1 aliphatic carbocycles. The van der Waals surface area contributed by atoms with Gasteiger partial charge in [-0.1, -0.05) is 49.1 Å². The topological polar surface area (TPSA) is 49.3 Å². The average Bonchev–Trinajstić information content (AvgIpc) is 2.40. The van der Waals surface area contributed by atoms with E-state index in [4.69, 9.17) is 0 Å². The number of aliphatic hydroxyl groups is 1. The third kappa shape index (κ3) is 4.35. The number of hydrogen-bond acceptors (Lipinski definition) is 2. The molecule has 1 fully saturated rings. The van der Waals surface area contributed by atoms with Gasteiger partial charge in [-0.3, -0.25) is 4.79 Å². The Labute approximate surface area is 115 Å². The maximum absolute atomic E-state index is 11.9. The summed E-state index contributed by atoms with van der Waals surface area (Å²) in [5.41, 5.74) is 1.53. The second kappa shape index (κ2) is 6.20. The van der Waals surface area contributed by atoms with Gasteiger partial charge in [0.2, 0.25) is 5.91 Å². The number of carbonyl (C=O) groups is 1. The molecule has 1 aromatic rings. The molecule has 0 saturated heterocycles. The molecular weight excluding hydrogens is 238 g/mol. The van der Waals surface area contributed by atoms with Crippen LogP contribution in [0.1, 0.15) is 43.2 Å². The summed E-state index contributed by atoms with van der Waals surface area (Å²) in [7, 11) is 0. The van der Waals surface area contributed by atoms with E-state index in [1.807, 2.05) is 31.2 Å². The highest BCUT2D eigenvalue weighted by Gasteiger charge is 2.29. The zero-order chi connectivity index (χ0) is 13.7. The predicted molar refractivity (Wildman–Crippen MR) is 75.9 cm³/mol. The molecule has 1 aliphatic rings. The third-order valence-electron chi connectivity index (χ3n) is 3.88. The second-order valence-corrected chi connectivity index (χ2v) is 5.72. The molecular formula is C16H23NO2. The average molecular weight is 261 g/mol. The third-order valence-corrected chi connectivity index (χ3v) is 3.88. The number of aryl methyl sites for hydroxylation is 1. The van der Waals surface area contributed by atoms with Gasteiger partial charge in [0.15, 0.2) is 0 Å². The molecule has 0 heterocycles. The van der Waals surface area contributed by atoms with Gasteiger partial charge in [0.05, 0.1) is 12.0 Å². The van der Waals surface area contributed by atoms with Crippen LogP contribution in [0.3, 0.4) is 0 Å². The summed E-state index contributed by atoms with van der Waals surface area (Å²) in [5, 5.41) is 13.2. The molecule has 1 aromatic carbocycles. The summed E-state index contributed by atoms with van der Waals surface area (Å²) in [6.07, 6.45) is 5.31. The fourth-order valence-electron chi connectivity index (χ4n) is 2.60. The summed E-state index contributed by atoms with van der Waals surface area (Å²) in [4.78, 5) is 11.9. The van der Waals surface area contributed by atoms with Crippen molar-refractivity contribution in [2.75, 3.05) is 6.54 Å². The molecule has 0 bridgehead atoms. The van der Waals surface area contributed by atoms with Crippen LogP contribution in [-0.4, -0.2) is 23.2 Å². The first-order valence-electron chi connectivity index (χ1n) is 7.12. The molecule has 0 radical (unpaired) electrons. The van der Waals surface area contributed by atoms with Crippen LogP contribution in [0.15, 0.2) is 24.3 Å².